The largest absolute Gasteiger partial charge is 0.317 e. The third kappa shape index (κ3) is 3.03. The topological polar surface area (TPSA) is 12.0 Å². The summed E-state index contributed by atoms with van der Waals surface area (Å²) in [7, 11) is 0. The zero-order valence-corrected chi connectivity index (χ0v) is 8.95. The molecule has 1 aliphatic heterocycles. The maximum absolute atomic E-state index is 13.8. The van der Waals surface area contributed by atoms with Crippen molar-refractivity contribution in [3.63, 3.8) is 0 Å². The highest BCUT2D eigenvalue weighted by Crippen LogP contribution is 2.22. The molecule has 0 bridgehead atoms. The second kappa shape index (κ2) is 5.26. The lowest BCUT2D eigenvalue weighted by atomic mass is 9.91. The van der Waals surface area contributed by atoms with E-state index in [4.69, 9.17) is 0 Å². The molecule has 82 valence electrons. The summed E-state index contributed by atoms with van der Waals surface area (Å²) in [5.41, 5.74) is 1.26. The Morgan fingerprint density at radius 3 is 2.67 bits per heavy atom. The average Bonchev–Trinajstić information content (AvgIpc) is 2.46. The Morgan fingerprint density at radius 1 is 1.13 bits per heavy atom. The summed E-state index contributed by atoms with van der Waals surface area (Å²) in [6, 6.07) is 10.2. The first kappa shape index (κ1) is 10.6. The third-order valence-corrected chi connectivity index (χ3v) is 3.14. The van der Waals surface area contributed by atoms with Crippen LogP contribution in [0.1, 0.15) is 18.4 Å². The van der Waals surface area contributed by atoms with Gasteiger partial charge in [0.1, 0.15) is 6.17 Å². The third-order valence-electron chi connectivity index (χ3n) is 3.14. The summed E-state index contributed by atoms with van der Waals surface area (Å²) in [6.07, 6.45) is 1.86. The number of rotatable bonds is 2. The van der Waals surface area contributed by atoms with Gasteiger partial charge in [-0.05, 0) is 43.8 Å². The zero-order chi connectivity index (χ0) is 10.5. The molecule has 0 amide bonds. The Morgan fingerprint density at radius 2 is 1.87 bits per heavy atom. The number of hydrogen-bond acceptors (Lipinski definition) is 1. The predicted molar refractivity (Wildman–Crippen MR) is 60.6 cm³/mol. The predicted octanol–water partition coefficient (Wildman–Crippen LogP) is 2.57. The quantitative estimate of drug-likeness (QED) is 0.786. The van der Waals surface area contributed by atoms with Gasteiger partial charge in [-0.2, -0.15) is 0 Å². The molecule has 1 aliphatic rings. The molecule has 1 aromatic rings. The summed E-state index contributed by atoms with van der Waals surface area (Å²) in [6.45, 7) is 1.78. The van der Waals surface area contributed by atoms with Gasteiger partial charge in [0, 0.05) is 0 Å². The molecule has 1 saturated heterocycles. The fourth-order valence-corrected chi connectivity index (χ4v) is 2.22. The number of halogens is 1. The first-order valence-electron chi connectivity index (χ1n) is 5.75. The maximum Gasteiger partial charge on any atom is 0.104 e. The van der Waals surface area contributed by atoms with Gasteiger partial charge >= 0.3 is 0 Å². The standard InChI is InChI=1S/C13H18FN/c14-13-7-9-15-8-6-12(13)10-11-4-2-1-3-5-11/h1-5,12-13,15H,6-10H2. The first-order chi connectivity index (χ1) is 7.36. The molecule has 0 aromatic heterocycles. The van der Waals surface area contributed by atoms with Crippen molar-refractivity contribution in [3.8, 4) is 0 Å². The lowest BCUT2D eigenvalue weighted by Gasteiger charge is -2.17. The molecule has 0 radical (unpaired) electrons. The van der Waals surface area contributed by atoms with E-state index in [1.54, 1.807) is 0 Å². The normalized spacial score (nSPS) is 27.3. The summed E-state index contributed by atoms with van der Waals surface area (Å²) in [4.78, 5) is 0. The van der Waals surface area contributed by atoms with Crippen molar-refractivity contribution in [3.05, 3.63) is 35.9 Å². The SMILES string of the molecule is FC1CCNCCC1Cc1ccccc1. The molecule has 15 heavy (non-hydrogen) atoms. The molecular formula is C13H18FN. The van der Waals surface area contributed by atoms with Gasteiger partial charge in [-0.3, -0.25) is 0 Å². The Bertz CT molecular complexity index is 286. The van der Waals surface area contributed by atoms with Crippen LogP contribution >= 0.6 is 0 Å². The summed E-state index contributed by atoms with van der Waals surface area (Å²) in [5, 5.41) is 3.25. The molecule has 0 saturated carbocycles. The van der Waals surface area contributed by atoms with Crippen LogP contribution in [0.4, 0.5) is 4.39 Å². The molecular weight excluding hydrogens is 189 g/mol. The van der Waals surface area contributed by atoms with Crippen molar-refractivity contribution >= 4 is 0 Å². The maximum atomic E-state index is 13.8. The van der Waals surface area contributed by atoms with Gasteiger partial charge in [0.15, 0.2) is 0 Å². The Balaban J connectivity index is 1.97. The van der Waals surface area contributed by atoms with Crippen LogP contribution in [0.5, 0.6) is 0 Å². The molecule has 2 unspecified atom stereocenters. The van der Waals surface area contributed by atoms with Crippen molar-refractivity contribution in [2.45, 2.75) is 25.4 Å². The van der Waals surface area contributed by atoms with E-state index >= 15 is 0 Å². The molecule has 1 nitrogen and oxygen atoms in total. The van der Waals surface area contributed by atoms with Crippen LogP contribution in [0.2, 0.25) is 0 Å². The number of nitrogens with one attached hydrogen (secondary N) is 1. The summed E-state index contributed by atoms with van der Waals surface area (Å²) < 4.78 is 13.8. The molecule has 1 heterocycles. The Hall–Kier alpha value is -0.890. The van der Waals surface area contributed by atoms with Crippen LogP contribution in [-0.4, -0.2) is 19.3 Å². The van der Waals surface area contributed by atoms with E-state index in [-0.39, 0.29) is 5.92 Å². The fraction of sp³-hybridized carbons (Fsp3) is 0.538. The van der Waals surface area contributed by atoms with Crippen molar-refractivity contribution in [1.29, 1.82) is 0 Å². The second-order valence-corrected chi connectivity index (χ2v) is 4.29. The molecule has 1 aromatic carbocycles. The van der Waals surface area contributed by atoms with E-state index in [1.165, 1.54) is 5.56 Å². The van der Waals surface area contributed by atoms with E-state index in [1.807, 2.05) is 18.2 Å². The van der Waals surface area contributed by atoms with Gasteiger partial charge < -0.3 is 5.32 Å². The van der Waals surface area contributed by atoms with Crippen molar-refractivity contribution in [2.24, 2.45) is 5.92 Å². The van der Waals surface area contributed by atoms with E-state index in [2.05, 4.69) is 17.4 Å². The molecule has 0 spiro atoms. The lowest BCUT2D eigenvalue weighted by Crippen LogP contribution is -2.18. The van der Waals surface area contributed by atoms with Crippen molar-refractivity contribution in [2.75, 3.05) is 13.1 Å². The molecule has 2 atom stereocenters. The summed E-state index contributed by atoms with van der Waals surface area (Å²) in [5.74, 6) is 0.197. The van der Waals surface area contributed by atoms with Crippen molar-refractivity contribution < 1.29 is 4.39 Å². The molecule has 1 N–H and O–H groups in total. The number of hydrogen-bond donors (Lipinski definition) is 1. The highest BCUT2D eigenvalue weighted by Gasteiger charge is 2.22. The van der Waals surface area contributed by atoms with Crippen LogP contribution in [0.15, 0.2) is 30.3 Å². The number of alkyl halides is 1. The molecule has 2 rings (SSSR count). The van der Waals surface area contributed by atoms with Gasteiger partial charge in [-0.25, -0.2) is 4.39 Å². The highest BCUT2D eigenvalue weighted by molar-refractivity contribution is 5.15. The fourth-order valence-electron chi connectivity index (χ4n) is 2.22. The van der Waals surface area contributed by atoms with Crippen LogP contribution < -0.4 is 5.32 Å². The Labute approximate surface area is 90.7 Å². The second-order valence-electron chi connectivity index (χ2n) is 4.29. The lowest BCUT2D eigenvalue weighted by molar-refractivity contribution is 0.219. The Kier molecular flexibility index (Phi) is 3.73. The van der Waals surface area contributed by atoms with E-state index in [0.29, 0.717) is 6.42 Å². The molecule has 0 aliphatic carbocycles. The van der Waals surface area contributed by atoms with Crippen molar-refractivity contribution in [1.82, 2.24) is 5.32 Å². The van der Waals surface area contributed by atoms with Crippen LogP contribution in [0.25, 0.3) is 0 Å². The van der Waals surface area contributed by atoms with Gasteiger partial charge in [0.25, 0.3) is 0 Å². The summed E-state index contributed by atoms with van der Waals surface area (Å²) >= 11 is 0. The minimum absolute atomic E-state index is 0.197. The van der Waals surface area contributed by atoms with Crippen LogP contribution in [0.3, 0.4) is 0 Å². The average molecular weight is 207 g/mol. The number of benzene rings is 1. The van der Waals surface area contributed by atoms with Gasteiger partial charge in [-0.1, -0.05) is 30.3 Å². The first-order valence-corrected chi connectivity index (χ1v) is 5.75. The van der Waals surface area contributed by atoms with Gasteiger partial charge in [-0.15, -0.1) is 0 Å². The molecule has 1 fully saturated rings. The highest BCUT2D eigenvalue weighted by atomic mass is 19.1. The zero-order valence-electron chi connectivity index (χ0n) is 8.95. The minimum atomic E-state index is -0.639. The van der Waals surface area contributed by atoms with Gasteiger partial charge in [0.05, 0.1) is 0 Å². The minimum Gasteiger partial charge on any atom is -0.317 e. The van der Waals surface area contributed by atoms with Crippen LogP contribution in [0, 0.1) is 5.92 Å². The van der Waals surface area contributed by atoms with E-state index in [0.717, 1.165) is 25.9 Å². The van der Waals surface area contributed by atoms with E-state index < -0.39 is 6.17 Å². The van der Waals surface area contributed by atoms with E-state index in [9.17, 15) is 4.39 Å². The van der Waals surface area contributed by atoms with Crippen LogP contribution in [-0.2, 0) is 6.42 Å². The molecule has 2 heteroatoms. The van der Waals surface area contributed by atoms with Gasteiger partial charge in [0.2, 0.25) is 0 Å². The monoisotopic (exact) mass is 207 g/mol. The smallest absolute Gasteiger partial charge is 0.104 e.